The number of carbonyl (C=O) groups excluding carboxylic acids is 1. The molecule has 0 aliphatic carbocycles. The molecule has 0 unspecified atom stereocenters. The summed E-state index contributed by atoms with van der Waals surface area (Å²) >= 11 is 1.45. The summed E-state index contributed by atoms with van der Waals surface area (Å²) in [7, 11) is 3.77. The summed E-state index contributed by atoms with van der Waals surface area (Å²) in [6, 6.07) is 11.5. The number of fused-ring (bicyclic) bond motifs is 1. The van der Waals surface area contributed by atoms with E-state index in [4.69, 9.17) is 4.74 Å². The zero-order chi connectivity index (χ0) is 21.1. The van der Waals surface area contributed by atoms with Crippen LogP contribution in [0.3, 0.4) is 0 Å². The summed E-state index contributed by atoms with van der Waals surface area (Å²) in [5.41, 5.74) is 4.03. The number of rotatable bonds is 6. The molecule has 3 aromatic rings. The summed E-state index contributed by atoms with van der Waals surface area (Å²) in [4.78, 5) is 22.0. The number of carbonyl (C=O) groups is 1. The first kappa shape index (κ1) is 20.7. The fourth-order valence-electron chi connectivity index (χ4n) is 3.66. The van der Waals surface area contributed by atoms with Gasteiger partial charge in [0.15, 0.2) is 0 Å². The Balaban J connectivity index is 1.55. The Morgan fingerprint density at radius 3 is 2.73 bits per heavy atom. The molecule has 158 valence electrons. The Labute approximate surface area is 179 Å². The number of hydrogen-bond acceptors (Lipinski definition) is 7. The highest BCUT2D eigenvalue weighted by molar-refractivity contribution is 7.18. The van der Waals surface area contributed by atoms with E-state index in [2.05, 4.69) is 33.2 Å². The van der Waals surface area contributed by atoms with Crippen LogP contribution in [-0.2, 0) is 18.0 Å². The number of benzene rings is 2. The summed E-state index contributed by atoms with van der Waals surface area (Å²) in [5, 5.41) is 12.9. The van der Waals surface area contributed by atoms with Crippen molar-refractivity contribution in [2.24, 2.45) is 0 Å². The number of likely N-dealkylation sites (N-methyl/N-ethyl adjacent to an activating group) is 1. The van der Waals surface area contributed by atoms with Gasteiger partial charge in [0.1, 0.15) is 5.01 Å². The van der Waals surface area contributed by atoms with Crippen molar-refractivity contribution in [3.05, 3.63) is 52.5 Å². The Morgan fingerprint density at radius 1 is 1.20 bits per heavy atom. The van der Waals surface area contributed by atoms with E-state index in [1.165, 1.54) is 11.3 Å². The number of thiazole rings is 1. The third-order valence-electron chi connectivity index (χ3n) is 5.33. The third kappa shape index (κ3) is 4.46. The molecule has 1 aliphatic heterocycles. The molecule has 1 saturated heterocycles. The lowest BCUT2D eigenvalue weighted by Crippen LogP contribution is -2.44. The third-order valence-corrected chi connectivity index (χ3v) is 6.35. The lowest BCUT2D eigenvalue weighted by Gasteiger charge is -2.34. The number of nitrogens with one attached hydrogen (secondary N) is 1. The van der Waals surface area contributed by atoms with Crippen molar-refractivity contribution >= 4 is 38.8 Å². The topological polar surface area (TPSA) is 77.9 Å². The van der Waals surface area contributed by atoms with Gasteiger partial charge in [-0.25, -0.2) is 4.98 Å². The molecule has 7 nitrogen and oxygen atoms in total. The van der Waals surface area contributed by atoms with Crippen LogP contribution < -0.4 is 10.2 Å². The van der Waals surface area contributed by atoms with Gasteiger partial charge in [-0.3, -0.25) is 4.79 Å². The molecule has 1 aromatic heterocycles. The number of aliphatic hydroxyl groups is 1. The van der Waals surface area contributed by atoms with Gasteiger partial charge >= 0.3 is 0 Å². The number of anilines is 2. The van der Waals surface area contributed by atoms with Gasteiger partial charge in [-0.1, -0.05) is 0 Å². The Bertz CT molecular complexity index is 1040. The lowest BCUT2D eigenvalue weighted by atomic mass is 10.0. The molecular weight excluding hydrogens is 400 g/mol. The molecule has 0 radical (unpaired) electrons. The van der Waals surface area contributed by atoms with E-state index in [0.717, 1.165) is 47.6 Å². The number of aliphatic hydroxyl groups excluding tert-OH is 1. The van der Waals surface area contributed by atoms with E-state index >= 15 is 0 Å². The van der Waals surface area contributed by atoms with Crippen LogP contribution in [0.25, 0.3) is 10.2 Å². The monoisotopic (exact) mass is 426 g/mol. The molecule has 2 N–H and O–H groups in total. The second kappa shape index (κ2) is 9.09. The minimum absolute atomic E-state index is 0.0823. The van der Waals surface area contributed by atoms with Crippen LogP contribution in [-0.4, -0.2) is 61.2 Å². The predicted molar refractivity (Wildman–Crippen MR) is 120 cm³/mol. The number of aromatic nitrogens is 1. The van der Waals surface area contributed by atoms with Gasteiger partial charge in [-0.15, -0.1) is 11.3 Å². The number of ether oxygens (including phenoxy) is 1. The molecular formula is C22H26N4O3S. The van der Waals surface area contributed by atoms with Crippen LogP contribution in [0.2, 0.25) is 0 Å². The average molecular weight is 427 g/mol. The standard InChI is InChI=1S/C22H26N4O3S/c1-25-7-9-26(10-8-25)17-4-5-18(15(11-17)14-29-2)22(28)23-16-3-6-20-19(12-16)24-21(13-27)30-20/h3-6,11-12,27H,7-10,13-14H2,1-2H3,(H,23,28). The molecule has 0 saturated carbocycles. The van der Waals surface area contributed by atoms with Crippen molar-refractivity contribution in [1.82, 2.24) is 9.88 Å². The van der Waals surface area contributed by atoms with Crippen LogP contribution in [0.5, 0.6) is 0 Å². The first-order valence-electron chi connectivity index (χ1n) is 9.94. The maximum atomic E-state index is 13.0. The van der Waals surface area contributed by atoms with Crippen LogP contribution in [0.15, 0.2) is 36.4 Å². The van der Waals surface area contributed by atoms with E-state index < -0.39 is 0 Å². The van der Waals surface area contributed by atoms with Gasteiger partial charge in [0.25, 0.3) is 5.91 Å². The fraction of sp³-hybridized carbons (Fsp3) is 0.364. The first-order valence-corrected chi connectivity index (χ1v) is 10.8. The summed E-state index contributed by atoms with van der Waals surface area (Å²) in [6.45, 7) is 4.28. The maximum Gasteiger partial charge on any atom is 0.256 e. The molecule has 1 amide bonds. The van der Waals surface area contributed by atoms with Gasteiger partial charge in [0, 0.05) is 50.2 Å². The average Bonchev–Trinajstić information content (AvgIpc) is 3.17. The second-order valence-electron chi connectivity index (χ2n) is 7.47. The summed E-state index contributed by atoms with van der Waals surface area (Å²) < 4.78 is 6.34. The molecule has 2 aromatic carbocycles. The lowest BCUT2D eigenvalue weighted by molar-refractivity contribution is 0.102. The van der Waals surface area contributed by atoms with Crippen molar-refractivity contribution in [1.29, 1.82) is 0 Å². The molecule has 0 atom stereocenters. The molecule has 30 heavy (non-hydrogen) atoms. The van der Waals surface area contributed by atoms with E-state index in [0.29, 0.717) is 22.9 Å². The number of hydrogen-bond donors (Lipinski definition) is 2. The van der Waals surface area contributed by atoms with Crippen LogP contribution >= 0.6 is 11.3 Å². The van der Waals surface area contributed by atoms with Gasteiger partial charge < -0.3 is 25.0 Å². The smallest absolute Gasteiger partial charge is 0.256 e. The van der Waals surface area contributed by atoms with Gasteiger partial charge in [0.2, 0.25) is 0 Å². The normalized spacial score (nSPS) is 15.0. The van der Waals surface area contributed by atoms with Crippen molar-refractivity contribution in [2.75, 3.05) is 50.6 Å². The van der Waals surface area contributed by atoms with Crippen LogP contribution in [0.1, 0.15) is 20.9 Å². The van der Waals surface area contributed by atoms with Crippen molar-refractivity contribution in [3.8, 4) is 0 Å². The van der Waals surface area contributed by atoms with Crippen LogP contribution in [0, 0.1) is 0 Å². The molecule has 1 fully saturated rings. The Kier molecular flexibility index (Phi) is 6.29. The highest BCUT2D eigenvalue weighted by Crippen LogP contribution is 2.26. The van der Waals surface area contributed by atoms with Gasteiger partial charge in [0.05, 0.1) is 23.4 Å². The molecule has 0 spiro atoms. The molecule has 4 rings (SSSR count). The van der Waals surface area contributed by atoms with Crippen LogP contribution in [0.4, 0.5) is 11.4 Å². The molecule has 2 heterocycles. The largest absolute Gasteiger partial charge is 0.389 e. The van der Waals surface area contributed by atoms with Crippen molar-refractivity contribution in [3.63, 3.8) is 0 Å². The zero-order valence-electron chi connectivity index (χ0n) is 17.2. The van der Waals surface area contributed by atoms with Gasteiger partial charge in [-0.2, -0.15) is 0 Å². The number of nitrogens with zero attached hydrogens (tertiary/aromatic N) is 3. The molecule has 1 aliphatic rings. The van der Waals surface area contributed by atoms with E-state index in [-0.39, 0.29) is 12.5 Å². The quantitative estimate of drug-likeness (QED) is 0.631. The number of methoxy groups -OCH3 is 1. The summed E-state index contributed by atoms with van der Waals surface area (Å²) in [6.07, 6.45) is 0. The maximum absolute atomic E-state index is 13.0. The highest BCUT2D eigenvalue weighted by atomic mass is 32.1. The van der Waals surface area contributed by atoms with E-state index in [9.17, 15) is 9.90 Å². The minimum Gasteiger partial charge on any atom is -0.389 e. The Hall–Kier alpha value is -2.52. The minimum atomic E-state index is -0.177. The fourth-order valence-corrected chi connectivity index (χ4v) is 4.46. The SMILES string of the molecule is COCc1cc(N2CCN(C)CC2)ccc1C(=O)Nc1ccc2sc(CO)nc2c1. The number of piperazine rings is 1. The van der Waals surface area contributed by atoms with Crippen molar-refractivity contribution < 1.29 is 14.6 Å². The summed E-state index contributed by atoms with van der Waals surface area (Å²) in [5.74, 6) is -0.177. The van der Waals surface area contributed by atoms with E-state index in [1.807, 2.05) is 30.3 Å². The Morgan fingerprint density at radius 2 is 2.00 bits per heavy atom. The molecule has 0 bridgehead atoms. The van der Waals surface area contributed by atoms with Crippen molar-refractivity contribution in [2.45, 2.75) is 13.2 Å². The van der Waals surface area contributed by atoms with Gasteiger partial charge in [-0.05, 0) is 49.0 Å². The predicted octanol–water partition coefficient (Wildman–Crippen LogP) is 2.94. The second-order valence-corrected chi connectivity index (χ2v) is 8.58. The first-order chi connectivity index (χ1) is 14.6. The number of amides is 1. The zero-order valence-corrected chi connectivity index (χ0v) is 18.0. The molecule has 8 heteroatoms. The van der Waals surface area contributed by atoms with E-state index in [1.54, 1.807) is 7.11 Å². The highest BCUT2D eigenvalue weighted by Gasteiger charge is 2.18.